The number of aromatic nitrogens is 1. The average Bonchev–Trinajstić information content (AvgIpc) is 3.30. The first-order valence-electron chi connectivity index (χ1n) is 13.2. The smallest absolute Gasteiger partial charge is 0.326 e. The Morgan fingerprint density at radius 3 is 2.07 bits per heavy atom. The van der Waals surface area contributed by atoms with E-state index in [1.165, 1.54) is 0 Å². The van der Waals surface area contributed by atoms with Gasteiger partial charge in [0.1, 0.15) is 18.1 Å². The standard InChI is InChI=1S/C27H38N6O8/c1-14(2)11-20(25(38)31-19(27(40)41)8-10-23(35)36)33-26(39)21(32-24(37)17(28)7-9-22(29)34)12-15-13-30-18-6-4-3-5-16(15)18/h3-6,13-14,17,19-21,30H,7-12,28H2,1-2H3,(H2,29,34)(H,31,38)(H,32,37)(H,33,39)(H,35,36)(H,40,41). The van der Waals surface area contributed by atoms with Gasteiger partial charge in [-0.1, -0.05) is 32.0 Å². The molecule has 224 valence electrons. The summed E-state index contributed by atoms with van der Waals surface area (Å²) < 4.78 is 0. The normalized spacial score (nSPS) is 14.0. The summed E-state index contributed by atoms with van der Waals surface area (Å²) in [5.74, 6) is -5.59. The zero-order chi connectivity index (χ0) is 30.7. The van der Waals surface area contributed by atoms with Crippen molar-refractivity contribution in [3.8, 4) is 0 Å². The summed E-state index contributed by atoms with van der Waals surface area (Å²) >= 11 is 0. The molecule has 0 saturated carbocycles. The molecule has 4 atom stereocenters. The van der Waals surface area contributed by atoms with Crippen LogP contribution in [0.4, 0.5) is 0 Å². The predicted molar refractivity (Wildman–Crippen MR) is 148 cm³/mol. The van der Waals surface area contributed by atoms with E-state index in [1.807, 2.05) is 24.3 Å². The summed E-state index contributed by atoms with van der Waals surface area (Å²) in [6, 6.07) is 2.37. The molecule has 4 unspecified atom stereocenters. The maximum absolute atomic E-state index is 13.5. The van der Waals surface area contributed by atoms with Crippen molar-refractivity contribution in [3.05, 3.63) is 36.0 Å². The van der Waals surface area contributed by atoms with Crippen LogP contribution in [0.5, 0.6) is 0 Å². The van der Waals surface area contributed by atoms with Gasteiger partial charge in [0.05, 0.1) is 6.04 Å². The lowest BCUT2D eigenvalue weighted by Crippen LogP contribution is -2.57. The Morgan fingerprint density at radius 2 is 1.46 bits per heavy atom. The number of carboxylic acid groups (broad SMARTS) is 2. The fourth-order valence-corrected chi connectivity index (χ4v) is 4.21. The van der Waals surface area contributed by atoms with Gasteiger partial charge in [-0.25, -0.2) is 4.79 Å². The molecule has 1 aromatic heterocycles. The highest BCUT2D eigenvalue weighted by atomic mass is 16.4. The maximum Gasteiger partial charge on any atom is 0.326 e. The molecule has 0 saturated heterocycles. The lowest BCUT2D eigenvalue weighted by Gasteiger charge is -2.26. The van der Waals surface area contributed by atoms with E-state index in [9.17, 15) is 33.9 Å². The number of benzene rings is 1. The monoisotopic (exact) mass is 574 g/mol. The molecular formula is C27H38N6O8. The number of nitrogens with one attached hydrogen (secondary N) is 4. The van der Waals surface area contributed by atoms with E-state index in [0.717, 1.165) is 10.9 Å². The molecule has 0 aliphatic carbocycles. The van der Waals surface area contributed by atoms with Crippen LogP contribution in [0.2, 0.25) is 0 Å². The highest BCUT2D eigenvalue weighted by Crippen LogP contribution is 2.19. The topological polar surface area (TPSA) is 247 Å². The number of carbonyl (C=O) groups is 6. The Kier molecular flexibility index (Phi) is 12.3. The summed E-state index contributed by atoms with van der Waals surface area (Å²) in [7, 11) is 0. The van der Waals surface area contributed by atoms with Gasteiger partial charge in [0.25, 0.3) is 0 Å². The number of fused-ring (bicyclic) bond motifs is 1. The van der Waals surface area contributed by atoms with Crippen molar-refractivity contribution in [2.75, 3.05) is 0 Å². The van der Waals surface area contributed by atoms with Gasteiger partial charge in [-0.05, 0) is 36.8 Å². The number of para-hydroxylation sites is 1. The number of carboxylic acids is 2. The first kappa shape index (κ1) is 32.8. The van der Waals surface area contributed by atoms with E-state index in [4.69, 9.17) is 16.6 Å². The van der Waals surface area contributed by atoms with Crippen molar-refractivity contribution in [2.24, 2.45) is 17.4 Å². The van der Waals surface area contributed by atoms with Crippen molar-refractivity contribution < 1.29 is 39.0 Å². The molecule has 0 spiro atoms. The molecule has 0 bridgehead atoms. The first-order valence-corrected chi connectivity index (χ1v) is 13.2. The van der Waals surface area contributed by atoms with Crippen LogP contribution in [0, 0.1) is 5.92 Å². The molecule has 2 aromatic rings. The van der Waals surface area contributed by atoms with E-state index >= 15 is 0 Å². The fourth-order valence-electron chi connectivity index (χ4n) is 4.21. The van der Waals surface area contributed by atoms with Crippen LogP contribution in [0.15, 0.2) is 30.5 Å². The van der Waals surface area contributed by atoms with Crippen molar-refractivity contribution in [2.45, 2.75) is 76.5 Å². The van der Waals surface area contributed by atoms with Crippen LogP contribution in [-0.2, 0) is 35.2 Å². The molecule has 41 heavy (non-hydrogen) atoms. The number of aliphatic carboxylic acids is 2. The van der Waals surface area contributed by atoms with Crippen LogP contribution in [-0.4, -0.2) is 74.9 Å². The average molecular weight is 575 g/mol. The minimum Gasteiger partial charge on any atom is -0.481 e. The third-order valence-corrected chi connectivity index (χ3v) is 6.37. The Balaban J connectivity index is 2.29. The second kappa shape index (κ2) is 15.4. The molecule has 14 heteroatoms. The van der Waals surface area contributed by atoms with Crippen molar-refractivity contribution in [1.82, 2.24) is 20.9 Å². The number of rotatable bonds is 17. The van der Waals surface area contributed by atoms with E-state index in [-0.39, 0.29) is 38.0 Å². The fraction of sp³-hybridized carbons (Fsp3) is 0.481. The highest BCUT2D eigenvalue weighted by Gasteiger charge is 2.31. The summed E-state index contributed by atoms with van der Waals surface area (Å²) in [6.07, 6.45) is 0.868. The molecule has 14 nitrogen and oxygen atoms in total. The number of primary amides is 1. The summed E-state index contributed by atoms with van der Waals surface area (Å²) in [6.45, 7) is 3.60. The van der Waals surface area contributed by atoms with E-state index < -0.39 is 66.2 Å². The van der Waals surface area contributed by atoms with Crippen molar-refractivity contribution >= 4 is 46.5 Å². The van der Waals surface area contributed by atoms with Gasteiger partial charge in [-0.15, -0.1) is 0 Å². The highest BCUT2D eigenvalue weighted by molar-refractivity contribution is 5.95. The van der Waals surface area contributed by atoms with Gasteiger partial charge in [0, 0.05) is 36.4 Å². The Morgan fingerprint density at radius 1 is 0.854 bits per heavy atom. The molecule has 0 fully saturated rings. The number of aromatic amines is 1. The van der Waals surface area contributed by atoms with E-state index in [0.29, 0.717) is 5.56 Å². The third-order valence-electron chi connectivity index (χ3n) is 6.37. The predicted octanol–water partition coefficient (Wildman–Crippen LogP) is -0.247. The number of amides is 4. The van der Waals surface area contributed by atoms with Gasteiger partial charge in [-0.3, -0.25) is 24.0 Å². The van der Waals surface area contributed by atoms with Crippen LogP contribution in [0.1, 0.15) is 51.5 Å². The van der Waals surface area contributed by atoms with E-state index in [1.54, 1.807) is 20.0 Å². The lowest BCUT2D eigenvalue weighted by molar-refractivity contribution is -0.143. The zero-order valence-electron chi connectivity index (χ0n) is 23.0. The molecule has 1 heterocycles. The SMILES string of the molecule is CC(C)CC(NC(=O)C(Cc1c[nH]c2ccccc12)NC(=O)C(N)CCC(N)=O)C(=O)NC(CCC(=O)O)C(=O)O. The number of carbonyl (C=O) groups excluding carboxylic acids is 4. The lowest BCUT2D eigenvalue weighted by atomic mass is 10.00. The molecule has 1 aromatic carbocycles. The minimum absolute atomic E-state index is 0.0243. The quantitative estimate of drug-likeness (QED) is 0.124. The Hall–Kier alpha value is -4.46. The second-order valence-electron chi connectivity index (χ2n) is 10.3. The molecular weight excluding hydrogens is 536 g/mol. The summed E-state index contributed by atoms with van der Waals surface area (Å²) in [5.41, 5.74) is 12.6. The van der Waals surface area contributed by atoms with Crippen LogP contribution < -0.4 is 27.4 Å². The maximum atomic E-state index is 13.5. The zero-order valence-corrected chi connectivity index (χ0v) is 23.0. The molecule has 10 N–H and O–H groups in total. The van der Waals surface area contributed by atoms with Gasteiger partial charge in [0.2, 0.25) is 23.6 Å². The minimum atomic E-state index is -1.48. The van der Waals surface area contributed by atoms with Crippen LogP contribution in [0.3, 0.4) is 0 Å². The Labute approximate surface area is 236 Å². The first-order chi connectivity index (χ1) is 19.3. The number of hydrogen-bond acceptors (Lipinski definition) is 7. The van der Waals surface area contributed by atoms with Crippen LogP contribution >= 0.6 is 0 Å². The van der Waals surface area contributed by atoms with Crippen molar-refractivity contribution in [1.29, 1.82) is 0 Å². The van der Waals surface area contributed by atoms with Crippen molar-refractivity contribution in [3.63, 3.8) is 0 Å². The Bertz CT molecular complexity index is 1260. The number of H-pyrrole nitrogens is 1. The molecule has 0 aliphatic heterocycles. The third kappa shape index (κ3) is 10.6. The molecule has 4 amide bonds. The summed E-state index contributed by atoms with van der Waals surface area (Å²) in [4.78, 5) is 76.2. The molecule has 0 aliphatic rings. The van der Waals surface area contributed by atoms with Gasteiger partial charge in [0.15, 0.2) is 0 Å². The van der Waals surface area contributed by atoms with Crippen LogP contribution in [0.25, 0.3) is 10.9 Å². The van der Waals surface area contributed by atoms with Gasteiger partial charge in [-0.2, -0.15) is 0 Å². The number of nitrogens with two attached hydrogens (primary N) is 2. The second-order valence-corrected chi connectivity index (χ2v) is 10.3. The summed E-state index contributed by atoms with van der Waals surface area (Å²) in [5, 5.41) is 26.7. The number of hydrogen-bond donors (Lipinski definition) is 8. The van der Waals surface area contributed by atoms with E-state index in [2.05, 4.69) is 20.9 Å². The van der Waals surface area contributed by atoms with Gasteiger partial charge >= 0.3 is 11.9 Å². The molecule has 2 rings (SSSR count). The van der Waals surface area contributed by atoms with Gasteiger partial charge < -0.3 is 42.6 Å². The molecule has 0 radical (unpaired) electrons. The largest absolute Gasteiger partial charge is 0.481 e.